The summed E-state index contributed by atoms with van der Waals surface area (Å²) in [5, 5.41) is 2.97. The minimum atomic E-state index is -0.495. The van der Waals surface area contributed by atoms with Gasteiger partial charge in [0.25, 0.3) is 0 Å². The van der Waals surface area contributed by atoms with Gasteiger partial charge in [-0.1, -0.05) is 13.8 Å². The molecule has 0 aliphatic rings. The van der Waals surface area contributed by atoms with Crippen molar-refractivity contribution < 1.29 is 8.78 Å². The predicted molar refractivity (Wildman–Crippen MR) is 75.8 cm³/mol. The van der Waals surface area contributed by atoms with Gasteiger partial charge in [0.1, 0.15) is 23.3 Å². The summed E-state index contributed by atoms with van der Waals surface area (Å²) in [6.45, 7) is 5.70. The van der Waals surface area contributed by atoms with Gasteiger partial charge in [0.05, 0.1) is 5.69 Å². The first-order chi connectivity index (χ1) is 9.43. The van der Waals surface area contributed by atoms with Gasteiger partial charge in [0, 0.05) is 24.1 Å². The average Bonchev–Trinajstić information content (AvgIpc) is 2.41. The summed E-state index contributed by atoms with van der Waals surface area (Å²) in [5.74, 6) is 0.334. The molecule has 1 heterocycles. The number of halogens is 2. The standard InChI is InChI=1S/C15H17F2N3/c1-8(2)14-19-13(9(3)15(18-4)20-14)11-7-10(16)5-6-12(11)17/h5-8H,1-4H3,(H,18,19,20). The van der Waals surface area contributed by atoms with Crippen LogP contribution < -0.4 is 5.32 Å². The highest BCUT2D eigenvalue weighted by molar-refractivity contribution is 5.68. The topological polar surface area (TPSA) is 37.8 Å². The van der Waals surface area contributed by atoms with Crippen LogP contribution in [0.2, 0.25) is 0 Å². The zero-order chi connectivity index (χ0) is 14.9. The van der Waals surface area contributed by atoms with Crippen molar-refractivity contribution in [2.45, 2.75) is 26.7 Å². The molecule has 0 spiro atoms. The number of hydrogen-bond donors (Lipinski definition) is 1. The lowest BCUT2D eigenvalue weighted by Gasteiger charge is -2.14. The van der Waals surface area contributed by atoms with E-state index in [1.807, 2.05) is 13.8 Å². The third-order valence-electron chi connectivity index (χ3n) is 3.10. The van der Waals surface area contributed by atoms with E-state index in [0.29, 0.717) is 22.9 Å². The van der Waals surface area contributed by atoms with Crippen molar-refractivity contribution in [3.05, 3.63) is 41.2 Å². The number of hydrogen-bond acceptors (Lipinski definition) is 3. The van der Waals surface area contributed by atoms with Crippen molar-refractivity contribution >= 4 is 5.82 Å². The summed E-state index contributed by atoms with van der Waals surface area (Å²) in [6.07, 6.45) is 0. The van der Waals surface area contributed by atoms with Crippen LogP contribution in [-0.4, -0.2) is 17.0 Å². The second-order valence-electron chi connectivity index (χ2n) is 4.93. The Balaban J connectivity index is 2.72. The Hall–Kier alpha value is -2.04. The van der Waals surface area contributed by atoms with Gasteiger partial charge in [0.2, 0.25) is 0 Å². The summed E-state index contributed by atoms with van der Waals surface area (Å²) < 4.78 is 27.3. The number of benzene rings is 1. The fourth-order valence-corrected chi connectivity index (χ4v) is 1.98. The Morgan fingerprint density at radius 2 is 1.85 bits per heavy atom. The van der Waals surface area contributed by atoms with Crippen LogP contribution in [0, 0.1) is 18.6 Å². The van der Waals surface area contributed by atoms with E-state index in [4.69, 9.17) is 0 Å². The van der Waals surface area contributed by atoms with Crippen molar-refractivity contribution in [3.63, 3.8) is 0 Å². The molecule has 1 aromatic heterocycles. The molecular formula is C15H17F2N3. The van der Waals surface area contributed by atoms with Crippen LogP contribution in [0.1, 0.15) is 31.2 Å². The maximum atomic E-state index is 14.0. The molecule has 0 fully saturated rings. The first kappa shape index (κ1) is 14.4. The van der Waals surface area contributed by atoms with Crippen LogP contribution in [0.3, 0.4) is 0 Å². The summed E-state index contributed by atoms with van der Waals surface area (Å²) in [5.41, 5.74) is 1.27. The predicted octanol–water partition coefficient (Wildman–Crippen LogP) is 3.90. The largest absolute Gasteiger partial charge is 0.373 e. The molecule has 0 saturated heterocycles. The SMILES string of the molecule is CNc1nc(C(C)C)nc(-c2cc(F)ccc2F)c1C. The van der Waals surface area contributed by atoms with E-state index < -0.39 is 11.6 Å². The Kier molecular flexibility index (Phi) is 3.97. The van der Waals surface area contributed by atoms with E-state index >= 15 is 0 Å². The summed E-state index contributed by atoms with van der Waals surface area (Å²) in [7, 11) is 1.74. The first-order valence-corrected chi connectivity index (χ1v) is 6.45. The lowest BCUT2D eigenvalue weighted by Crippen LogP contribution is -2.07. The fraction of sp³-hybridized carbons (Fsp3) is 0.333. The summed E-state index contributed by atoms with van der Waals surface area (Å²) in [6, 6.07) is 3.37. The Bertz CT molecular complexity index is 639. The Morgan fingerprint density at radius 3 is 2.45 bits per heavy atom. The number of nitrogens with zero attached hydrogens (tertiary/aromatic N) is 2. The molecule has 0 bridgehead atoms. The van der Waals surface area contributed by atoms with Gasteiger partial charge in [-0.3, -0.25) is 0 Å². The molecule has 0 atom stereocenters. The Labute approximate surface area is 117 Å². The van der Waals surface area contributed by atoms with E-state index in [9.17, 15) is 8.78 Å². The third kappa shape index (κ3) is 2.61. The molecule has 20 heavy (non-hydrogen) atoms. The molecule has 1 aromatic carbocycles. The first-order valence-electron chi connectivity index (χ1n) is 6.45. The quantitative estimate of drug-likeness (QED) is 0.924. The second kappa shape index (κ2) is 5.53. The number of aromatic nitrogens is 2. The smallest absolute Gasteiger partial charge is 0.133 e. The number of anilines is 1. The van der Waals surface area contributed by atoms with Gasteiger partial charge in [-0.05, 0) is 25.1 Å². The zero-order valence-corrected chi connectivity index (χ0v) is 12.0. The van der Waals surface area contributed by atoms with Crippen molar-refractivity contribution in [1.82, 2.24) is 9.97 Å². The van der Waals surface area contributed by atoms with E-state index in [-0.39, 0.29) is 11.5 Å². The molecule has 0 aliphatic carbocycles. The van der Waals surface area contributed by atoms with Crippen LogP contribution in [0.4, 0.5) is 14.6 Å². The van der Waals surface area contributed by atoms with Crippen molar-refractivity contribution in [1.29, 1.82) is 0 Å². The molecule has 0 saturated carbocycles. The van der Waals surface area contributed by atoms with Gasteiger partial charge in [-0.25, -0.2) is 18.7 Å². The van der Waals surface area contributed by atoms with E-state index in [1.54, 1.807) is 14.0 Å². The molecule has 0 aliphatic heterocycles. The highest BCUT2D eigenvalue weighted by Crippen LogP contribution is 2.29. The maximum absolute atomic E-state index is 14.0. The Morgan fingerprint density at radius 1 is 1.15 bits per heavy atom. The maximum Gasteiger partial charge on any atom is 0.133 e. The van der Waals surface area contributed by atoms with Crippen LogP contribution in [0.5, 0.6) is 0 Å². The van der Waals surface area contributed by atoms with Crippen molar-refractivity contribution in [2.24, 2.45) is 0 Å². The number of rotatable bonds is 3. The molecule has 2 aromatic rings. The van der Waals surface area contributed by atoms with Gasteiger partial charge in [0.15, 0.2) is 0 Å². The van der Waals surface area contributed by atoms with Crippen LogP contribution in [0.15, 0.2) is 18.2 Å². The molecule has 5 heteroatoms. The van der Waals surface area contributed by atoms with Crippen molar-refractivity contribution in [2.75, 3.05) is 12.4 Å². The van der Waals surface area contributed by atoms with Gasteiger partial charge in [-0.15, -0.1) is 0 Å². The van der Waals surface area contributed by atoms with Gasteiger partial charge < -0.3 is 5.32 Å². The molecular weight excluding hydrogens is 260 g/mol. The highest BCUT2D eigenvalue weighted by atomic mass is 19.1. The van der Waals surface area contributed by atoms with E-state index in [0.717, 1.165) is 18.2 Å². The fourth-order valence-electron chi connectivity index (χ4n) is 1.98. The molecule has 0 radical (unpaired) electrons. The zero-order valence-electron chi connectivity index (χ0n) is 12.0. The molecule has 3 nitrogen and oxygen atoms in total. The number of nitrogens with one attached hydrogen (secondary N) is 1. The third-order valence-corrected chi connectivity index (χ3v) is 3.10. The minimum Gasteiger partial charge on any atom is -0.373 e. The van der Waals surface area contributed by atoms with E-state index in [2.05, 4.69) is 15.3 Å². The summed E-state index contributed by atoms with van der Waals surface area (Å²) in [4.78, 5) is 8.78. The highest BCUT2D eigenvalue weighted by Gasteiger charge is 2.17. The van der Waals surface area contributed by atoms with Gasteiger partial charge in [-0.2, -0.15) is 0 Å². The van der Waals surface area contributed by atoms with Crippen LogP contribution >= 0.6 is 0 Å². The molecule has 1 N–H and O–H groups in total. The summed E-state index contributed by atoms with van der Waals surface area (Å²) >= 11 is 0. The monoisotopic (exact) mass is 277 g/mol. The second-order valence-corrected chi connectivity index (χ2v) is 4.93. The normalized spacial score (nSPS) is 10.9. The molecule has 106 valence electrons. The van der Waals surface area contributed by atoms with E-state index in [1.165, 1.54) is 0 Å². The van der Waals surface area contributed by atoms with Gasteiger partial charge >= 0.3 is 0 Å². The average molecular weight is 277 g/mol. The van der Waals surface area contributed by atoms with Crippen LogP contribution in [-0.2, 0) is 0 Å². The molecule has 2 rings (SSSR count). The van der Waals surface area contributed by atoms with Crippen molar-refractivity contribution in [3.8, 4) is 11.3 Å². The molecule has 0 unspecified atom stereocenters. The lowest BCUT2D eigenvalue weighted by atomic mass is 10.1. The van der Waals surface area contributed by atoms with Crippen LogP contribution in [0.25, 0.3) is 11.3 Å². The minimum absolute atomic E-state index is 0.0954. The molecule has 0 amide bonds. The lowest BCUT2D eigenvalue weighted by molar-refractivity contribution is 0.602.